The molecule has 1 atom stereocenters. The lowest BCUT2D eigenvalue weighted by molar-refractivity contribution is 0.235. The number of nitrogens with zero attached hydrogens (tertiary/aromatic N) is 2. The van der Waals surface area contributed by atoms with Crippen LogP contribution >= 0.6 is 24.0 Å². The van der Waals surface area contributed by atoms with Crippen LogP contribution in [0.25, 0.3) is 0 Å². The van der Waals surface area contributed by atoms with E-state index in [9.17, 15) is 8.42 Å². The molecule has 1 unspecified atom stereocenters. The average Bonchev–Trinajstić information content (AvgIpc) is 3.46. The van der Waals surface area contributed by atoms with E-state index in [2.05, 4.69) is 21.7 Å². The molecule has 2 aromatic rings. The number of para-hydroxylation sites is 1. The zero-order valence-electron chi connectivity index (χ0n) is 18.3. The summed E-state index contributed by atoms with van der Waals surface area (Å²) in [5.41, 5.74) is 2.20. The largest absolute Gasteiger partial charge is 0.488 e. The molecule has 0 saturated carbocycles. The Hall–Kier alpha value is -1.85. The van der Waals surface area contributed by atoms with Gasteiger partial charge in [-0.1, -0.05) is 30.3 Å². The molecule has 2 aliphatic heterocycles. The number of aliphatic imine (C=N–C) groups is 1. The van der Waals surface area contributed by atoms with Gasteiger partial charge in [0.15, 0.2) is 5.96 Å². The molecule has 2 heterocycles. The second-order valence-electron chi connectivity index (χ2n) is 7.88. The summed E-state index contributed by atoms with van der Waals surface area (Å²) in [6.45, 7) is 5.13. The molecule has 2 N–H and O–H groups in total. The van der Waals surface area contributed by atoms with E-state index in [-0.39, 0.29) is 30.1 Å². The fraction of sp³-hybridized carbons (Fsp3) is 0.435. The van der Waals surface area contributed by atoms with Crippen LogP contribution in [0.15, 0.2) is 58.4 Å². The number of nitrogens with one attached hydrogen (secondary N) is 2. The highest BCUT2D eigenvalue weighted by atomic mass is 127. The topological polar surface area (TPSA) is 83.0 Å². The van der Waals surface area contributed by atoms with Crippen molar-refractivity contribution in [3.8, 4) is 5.75 Å². The van der Waals surface area contributed by atoms with Gasteiger partial charge >= 0.3 is 0 Å². The molecule has 4 rings (SSSR count). The van der Waals surface area contributed by atoms with Crippen molar-refractivity contribution in [1.82, 2.24) is 14.9 Å². The fourth-order valence-corrected chi connectivity index (χ4v) is 5.45. The first kappa shape index (κ1) is 24.8. The summed E-state index contributed by atoms with van der Waals surface area (Å²) >= 11 is 0. The predicted octanol–water partition coefficient (Wildman–Crippen LogP) is 3.15. The van der Waals surface area contributed by atoms with E-state index in [0.717, 1.165) is 43.1 Å². The number of ether oxygens (including phenoxy) is 1. The molecule has 2 aliphatic rings. The zero-order valence-corrected chi connectivity index (χ0v) is 21.4. The van der Waals surface area contributed by atoms with Crippen molar-refractivity contribution in [2.75, 3.05) is 26.2 Å². The maximum Gasteiger partial charge on any atom is 0.243 e. The van der Waals surface area contributed by atoms with Crippen LogP contribution in [0.5, 0.6) is 5.75 Å². The quantitative estimate of drug-likeness (QED) is 0.304. The van der Waals surface area contributed by atoms with Crippen LogP contribution in [-0.4, -0.2) is 51.0 Å². The molecule has 9 heteroatoms. The minimum Gasteiger partial charge on any atom is -0.488 e. The maximum atomic E-state index is 12.7. The normalized spacial score (nSPS) is 18.5. The summed E-state index contributed by atoms with van der Waals surface area (Å²) in [6.07, 6.45) is 2.83. The Bertz CT molecular complexity index is 997. The van der Waals surface area contributed by atoms with Crippen molar-refractivity contribution in [1.29, 1.82) is 0 Å². The molecular formula is C23H31IN4O3S. The Labute approximate surface area is 207 Å². The first-order valence-corrected chi connectivity index (χ1v) is 12.4. The number of halogens is 1. The van der Waals surface area contributed by atoms with Crippen LogP contribution in [-0.2, 0) is 23.0 Å². The monoisotopic (exact) mass is 570 g/mol. The molecule has 174 valence electrons. The second-order valence-corrected chi connectivity index (χ2v) is 9.82. The zero-order chi connectivity index (χ0) is 21.7. The van der Waals surface area contributed by atoms with Crippen LogP contribution in [0, 0.1) is 0 Å². The van der Waals surface area contributed by atoms with Crippen LogP contribution in [0.3, 0.4) is 0 Å². The van der Waals surface area contributed by atoms with Gasteiger partial charge in [-0.2, -0.15) is 4.31 Å². The number of guanidine groups is 1. The van der Waals surface area contributed by atoms with Crippen molar-refractivity contribution in [2.24, 2.45) is 4.99 Å². The standard InChI is InChI=1S/C23H30N4O3S.HI/c1-2-24-23(26-17-20-15-19-7-3-4-8-22(19)30-20)25-16-18-9-11-21(12-10-18)31(28,29)27-13-5-6-14-27;/h3-4,7-12,20H,2,5-6,13-17H2,1H3,(H2,24,25,26);1H. The SMILES string of the molecule is CCNC(=NCc1ccc(S(=O)(=O)N2CCCC2)cc1)NCC1Cc2ccccc2O1.I. The van der Waals surface area contributed by atoms with Gasteiger partial charge in [-0.15, -0.1) is 24.0 Å². The highest BCUT2D eigenvalue weighted by Crippen LogP contribution is 2.27. The Morgan fingerprint density at radius 2 is 1.81 bits per heavy atom. The first-order chi connectivity index (χ1) is 15.1. The number of hydrogen-bond donors (Lipinski definition) is 2. The fourth-order valence-electron chi connectivity index (χ4n) is 3.93. The van der Waals surface area contributed by atoms with Gasteiger partial charge in [0.1, 0.15) is 11.9 Å². The van der Waals surface area contributed by atoms with Crippen molar-refractivity contribution >= 4 is 40.0 Å². The van der Waals surface area contributed by atoms with Crippen molar-refractivity contribution in [3.63, 3.8) is 0 Å². The van der Waals surface area contributed by atoms with E-state index in [1.165, 1.54) is 5.56 Å². The van der Waals surface area contributed by atoms with Crippen molar-refractivity contribution < 1.29 is 13.2 Å². The first-order valence-electron chi connectivity index (χ1n) is 10.9. The summed E-state index contributed by atoms with van der Waals surface area (Å²) < 4.78 is 32.9. The molecule has 0 amide bonds. The molecule has 7 nitrogen and oxygen atoms in total. The Kier molecular flexibility index (Phi) is 8.78. The molecular weight excluding hydrogens is 539 g/mol. The summed E-state index contributed by atoms with van der Waals surface area (Å²) in [7, 11) is -3.38. The lowest BCUT2D eigenvalue weighted by Crippen LogP contribution is -2.42. The lowest BCUT2D eigenvalue weighted by atomic mass is 10.1. The van der Waals surface area contributed by atoms with Gasteiger partial charge in [0.2, 0.25) is 10.0 Å². The van der Waals surface area contributed by atoms with Gasteiger partial charge in [-0.05, 0) is 49.1 Å². The van der Waals surface area contributed by atoms with Gasteiger partial charge in [-0.3, -0.25) is 0 Å². The van der Waals surface area contributed by atoms with Crippen LogP contribution in [0.1, 0.15) is 30.9 Å². The molecule has 0 aromatic heterocycles. The van der Waals surface area contributed by atoms with E-state index in [1.54, 1.807) is 16.4 Å². The number of hydrogen-bond acceptors (Lipinski definition) is 4. The minimum atomic E-state index is -3.38. The van der Waals surface area contributed by atoms with E-state index >= 15 is 0 Å². The van der Waals surface area contributed by atoms with Crippen molar-refractivity contribution in [3.05, 3.63) is 59.7 Å². The third-order valence-corrected chi connectivity index (χ3v) is 7.51. The molecule has 0 bridgehead atoms. The number of sulfonamides is 1. The molecule has 1 fully saturated rings. The number of benzene rings is 2. The molecule has 32 heavy (non-hydrogen) atoms. The summed E-state index contributed by atoms with van der Waals surface area (Å²) in [4.78, 5) is 4.99. The van der Waals surface area contributed by atoms with Gasteiger partial charge in [0.05, 0.1) is 18.0 Å². The van der Waals surface area contributed by atoms with Crippen LogP contribution < -0.4 is 15.4 Å². The third kappa shape index (κ3) is 5.93. The molecule has 0 aliphatic carbocycles. The minimum absolute atomic E-state index is 0. The summed E-state index contributed by atoms with van der Waals surface area (Å²) in [5.74, 6) is 1.68. The Morgan fingerprint density at radius 1 is 1.09 bits per heavy atom. The van der Waals surface area contributed by atoms with Crippen LogP contribution in [0.2, 0.25) is 0 Å². The molecule has 0 spiro atoms. The molecule has 0 radical (unpaired) electrons. The van der Waals surface area contributed by atoms with Gasteiger partial charge in [0.25, 0.3) is 0 Å². The summed E-state index contributed by atoms with van der Waals surface area (Å²) in [5, 5.41) is 6.60. The van der Waals surface area contributed by atoms with E-state index < -0.39 is 10.0 Å². The molecule has 1 saturated heterocycles. The number of fused-ring (bicyclic) bond motifs is 1. The highest BCUT2D eigenvalue weighted by molar-refractivity contribution is 14.0. The van der Waals surface area contributed by atoms with E-state index in [0.29, 0.717) is 31.1 Å². The maximum absolute atomic E-state index is 12.7. The average molecular weight is 570 g/mol. The highest BCUT2D eigenvalue weighted by Gasteiger charge is 2.27. The Balaban J connectivity index is 0.00000289. The van der Waals surface area contributed by atoms with Gasteiger partial charge in [-0.25, -0.2) is 13.4 Å². The van der Waals surface area contributed by atoms with Crippen LogP contribution in [0.4, 0.5) is 0 Å². The van der Waals surface area contributed by atoms with Gasteiger partial charge in [0, 0.05) is 26.1 Å². The lowest BCUT2D eigenvalue weighted by Gasteiger charge is -2.16. The van der Waals surface area contributed by atoms with Gasteiger partial charge < -0.3 is 15.4 Å². The third-order valence-electron chi connectivity index (χ3n) is 5.60. The second kappa shape index (κ2) is 11.3. The van der Waals surface area contributed by atoms with Crippen molar-refractivity contribution in [2.45, 2.75) is 43.7 Å². The van der Waals surface area contributed by atoms with E-state index in [4.69, 9.17) is 4.74 Å². The Morgan fingerprint density at radius 3 is 2.50 bits per heavy atom. The number of rotatable bonds is 7. The molecule has 2 aromatic carbocycles. The summed E-state index contributed by atoms with van der Waals surface area (Å²) in [6, 6.07) is 15.2. The smallest absolute Gasteiger partial charge is 0.243 e. The predicted molar refractivity (Wildman–Crippen MR) is 137 cm³/mol. The van der Waals surface area contributed by atoms with E-state index in [1.807, 2.05) is 37.3 Å².